The second kappa shape index (κ2) is 14.7. The normalized spacial score (nSPS) is 14.6. The Morgan fingerprint density at radius 2 is 0.452 bits per heavy atom. The first-order valence-electron chi connectivity index (χ1n) is 21.4. The van der Waals surface area contributed by atoms with Crippen molar-refractivity contribution < 1.29 is 0 Å². The third-order valence-electron chi connectivity index (χ3n) is 11.5. The van der Waals surface area contributed by atoms with Gasteiger partial charge in [-0.2, -0.15) is 0 Å². The number of aromatic nitrogens is 8. The van der Waals surface area contributed by atoms with Crippen LogP contribution in [0.25, 0.3) is 0 Å². The molecule has 62 heavy (non-hydrogen) atoms. The summed E-state index contributed by atoms with van der Waals surface area (Å²) in [5, 5.41) is 0. The number of fused-ring (bicyclic) bond motifs is 2. The second-order valence-electron chi connectivity index (χ2n) is 20.9. The molecule has 0 spiro atoms. The van der Waals surface area contributed by atoms with Crippen LogP contribution in [-0.2, 0) is 21.7 Å². The van der Waals surface area contributed by atoms with Crippen LogP contribution in [0.2, 0.25) is 0 Å². The third kappa shape index (κ3) is 7.43. The van der Waals surface area contributed by atoms with Gasteiger partial charge in [0.25, 0.3) is 0 Å². The lowest BCUT2D eigenvalue weighted by atomic mass is 9.96. The van der Waals surface area contributed by atoms with Crippen LogP contribution in [0.5, 0.6) is 0 Å². The maximum atomic E-state index is 5.00. The Balaban J connectivity index is 1.54. The average Bonchev–Trinajstić information content (AvgIpc) is 3.68. The molecule has 12 heteroatoms. The molecule has 0 N–H and O–H groups in total. The number of nitrogens with zero attached hydrogens (tertiary/aromatic N) is 12. The monoisotopic (exact) mass is 829 g/mol. The third-order valence-corrected chi connectivity index (χ3v) is 11.5. The smallest absolute Gasteiger partial charge is 0.166 e. The van der Waals surface area contributed by atoms with E-state index in [1.165, 1.54) is 0 Å². The molecule has 0 saturated carbocycles. The molecule has 4 aromatic heterocycles. The molecule has 0 saturated heterocycles. The summed E-state index contributed by atoms with van der Waals surface area (Å²) < 4.78 is 0. The van der Waals surface area contributed by atoms with E-state index in [2.05, 4.69) is 155 Å². The van der Waals surface area contributed by atoms with E-state index in [1.807, 2.05) is 49.6 Å². The van der Waals surface area contributed by atoms with Gasteiger partial charge >= 0.3 is 0 Å². The molecule has 0 fully saturated rings. The standard InChI is InChI=1S/C50H60N12/c1-29-17-37-38(18-30(29)2)60(34-23-53-44(54-24-34)48(8,9)10)41(59(37)33-21-51-43(52-22-33)47(5,6)7)42-61(35-25-55-45(56-26-35)49(11,12)13)39-19-31(3)32(4)20-40(39)62(42)36-27-57-46(58-28-36)50(14,15)16/h17-28H,1-16H3. The fourth-order valence-corrected chi connectivity index (χ4v) is 7.69. The Hall–Kier alpha value is -6.30. The van der Waals surface area contributed by atoms with E-state index in [9.17, 15) is 0 Å². The first kappa shape index (κ1) is 42.4. The van der Waals surface area contributed by atoms with E-state index in [0.717, 1.165) is 103 Å². The van der Waals surface area contributed by atoms with Gasteiger partial charge in [-0.05, 0) is 74.2 Å². The molecule has 12 nitrogen and oxygen atoms in total. The number of hydrogen-bond donors (Lipinski definition) is 0. The van der Waals surface area contributed by atoms with E-state index in [4.69, 9.17) is 39.9 Å². The zero-order valence-electron chi connectivity index (χ0n) is 39.3. The van der Waals surface area contributed by atoms with Crippen LogP contribution in [-0.4, -0.2) is 39.9 Å². The Kier molecular flexibility index (Phi) is 10.0. The van der Waals surface area contributed by atoms with Gasteiger partial charge in [0.05, 0.1) is 95.1 Å². The Bertz CT molecular complexity index is 2320. The SMILES string of the molecule is Cc1cc2c(cc1C)N(c1cnc(C(C)(C)C)nc1)C(=C1N(c3cnc(C(C)(C)C)nc3)c3cc(C)c(C)cc3N1c1cnc(C(C)(C)C)nc1)N2c1cnc(C(C)(C)C)nc1. The molecule has 0 bridgehead atoms. The highest BCUT2D eigenvalue weighted by Gasteiger charge is 2.46. The van der Waals surface area contributed by atoms with Crippen molar-refractivity contribution >= 4 is 45.5 Å². The van der Waals surface area contributed by atoms with E-state index >= 15 is 0 Å². The van der Waals surface area contributed by atoms with Crippen molar-refractivity contribution in [3.8, 4) is 0 Å². The second-order valence-corrected chi connectivity index (χ2v) is 20.9. The molecule has 320 valence electrons. The molecule has 2 aromatic carbocycles. The van der Waals surface area contributed by atoms with Crippen LogP contribution < -0.4 is 19.6 Å². The van der Waals surface area contributed by atoms with Crippen LogP contribution in [0, 0.1) is 27.7 Å². The number of anilines is 8. The summed E-state index contributed by atoms with van der Waals surface area (Å²) in [6.07, 6.45) is 15.5. The van der Waals surface area contributed by atoms with Crippen molar-refractivity contribution in [2.24, 2.45) is 0 Å². The summed E-state index contributed by atoms with van der Waals surface area (Å²) in [4.78, 5) is 49.1. The molecule has 8 rings (SSSR count). The molecule has 6 heterocycles. The summed E-state index contributed by atoms with van der Waals surface area (Å²) in [6, 6.07) is 9.00. The van der Waals surface area contributed by atoms with Crippen LogP contribution >= 0.6 is 0 Å². The van der Waals surface area contributed by atoms with E-state index in [-0.39, 0.29) is 21.7 Å². The highest BCUT2D eigenvalue weighted by molar-refractivity contribution is 6.00. The lowest BCUT2D eigenvalue weighted by Gasteiger charge is -2.33. The number of aryl methyl sites for hydroxylation is 4. The van der Waals surface area contributed by atoms with Crippen molar-refractivity contribution in [3.05, 3.63) is 131 Å². The minimum atomic E-state index is -0.247. The molecular weight excluding hydrogens is 769 g/mol. The van der Waals surface area contributed by atoms with Gasteiger partial charge in [0, 0.05) is 21.7 Å². The highest BCUT2D eigenvalue weighted by Crippen LogP contribution is 2.57. The molecule has 2 aliphatic heterocycles. The molecule has 2 aliphatic rings. The summed E-state index contributed by atoms with van der Waals surface area (Å²) in [6.45, 7) is 34.2. The average molecular weight is 829 g/mol. The molecule has 0 radical (unpaired) electrons. The van der Waals surface area contributed by atoms with E-state index in [1.54, 1.807) is 0 Å². The zero-order valence-corrected chi connectivity index (χ0v) is 39.3. The number of hydrogen-bond acceptors (Lipinski definition) is 12. The Morgan fingerprint density at radius 1 is 0.290 bits per heavy atom. The summed E-state index contributed by atoms with van der Waals surface area (Å²) >= 11 is 0. The fraction of sp³-hybridized carbons (Fsp3) is 0.400. The van der Waals surface area contributed by atoms with Crippen molar-refractivity contribution in [2.45, 2.75) is 132 Å². The summed E-state index contributed by atoms with van der Waals surface area (Å²) in [7, 11) is 0. The van der Waals surface area contributed by atoms with Gasteiger partial charge < -0.3 is 0 Å². The summed E-state index contributed by atoms with van der Waals surface area (Å²) in [5.74, 6) is 4.63. The predicted molar refractivity (Wildman–Crippen MR) is 250 cm³/mol. The molecule has 0 unspecified atom stereocenters. The van der Waals surface area contributed by atoms with Gasteiger partial charge in [0.2, 0.25) is 0 Å². The van der Waals surface area contributed by atoms with Gasteiger partial charge in [-0.3, -0.25) is 19.6 Å². The minimum absolute atomic E-state index is 0.247. The molecule has 0 amide bonds. The van der Waals surface area contributed by atoms with Crippen molar-refractivity contribution in [2.75, 3.05) is 19.6 Å². The molecular formula is C50H60N12. The first-order chi connectivity index (χ1) is 28.9. The number of benzene rings is 2. The molecule has 6 aromatic rings. The van der Waals surface area contributed by atoms with E-state index in [0.29, 0.717) is 0 Å². The van der Waals surface area contributed by atoms with Crippen LogP contribution in [0.15, 0.2) is 85.5 Å². The van der Waals surface area contributed by atoms with Crippen molar-refractivity contribution in [1.29, 1.82) is 0 Å². The number of rotatable bonds is 4. The van der Waals surface area contributed by atoms with Gasteiger partial charge in [-0.15, -0.1) is 0 Å². The van der Waals surface area contributed by atoms with Gasteiger partial charge in [-0.25, -0.2) is 39.9 Å². The van der Waals surface area contributed by atoms with Crippen LogP contribution in [0.3, 0.4) is 0 Å². The summed E-state index contributed by atoms with van der Waals surface area (Å²) in [5.41, 5.74) is 10.6. The lowest BCUT2D eigenvalue weighted by molar-refractivity contribution is 0.544. The lowest BCUT2D eigenvalue weighted by Crippen LogP contribution is -2.34. The van der Waals surface area contributed by atoms with Crippen LogP contribution in [0.4, 0.5) is 45.5 Å². The topological polar surface area (TPSA) is 116 Å². The first-order valence-corrected chi connectivity index (χ1v) is 21.4. The fourth-order valence-electron chi connectivity index (χ4n) is 7.69. The van der Waals surface area contributed by atoms with Gasteiger partial charge in [-0.1, -0.05) is 83.1 Å². The van der Waals surface area contributed by atoms with Gasteiger partial charge in [0.1, 0.15) is 23.3 Å². The van der Waals surface area contributed by atoms with Crippen molar-refractivity contribution in [1.82, 2.24) is 39.9 Å². The maximum Gasteiger partial charge on any atom is 0.166 e. The Labute approximate surface area is 367 Å². The van der Waals surface area contributed by atoms with Crippen molar-refractivity contribution in [3.63, 3.8) is 0 Å². The quantitative estimate of drug-likeness (QED) is 0.168. The minimum Gasteiger partial charge on any atom is -0.288 e. The Morgan fingerprint density at radius 3 is 0.597 bits per heavy atom. The molecule has 0 atom stereocenters. The maximum absolute atomic E-state index is 5.00. The predicted octanol–water partition coefficient (Wildman–Crippen LogP) is 11.7. The van der Waals surface area contributed by atoms with Crippen LogP contribution in [0.1, 0.15) is 129 Å². The highest BCUT2D eigenvalue weighted by atomic mass is 15.5. The largest absolute Gasteiger partial charge is 0.288 e. The zero-order chi connectivity index (χ0) is 44.8. The van der Waals surface area contributed by atoms with Gasteiger partial charge in [0.15, 0.2) is 11.6 Å². The molecule has 0 aliphatic carbocycles. The van der Waals surface area contributed by atoms with E-state index < -0.39 is 0 Å².